The van der Waals surface area contributed by atoms with Crippen molar-refractivity contribution in [2.24, 2.45) is 0 Å². The number of aromatic nitrogens is 2. The highest BCUT2D eigenvalue weighted by Gasteiger charge is 2.25. The lowest BCUT2D eigenvalue weighted by molar-refractivity contribution is 0.188. The smallest absolute Gasteiger partial charge is 0.141 e. The van der Waals surface area contributed by atoms with Gasteiger partial charge in [0.05, 0.1) is 11.0 Å². The fourth-order valence-electron chi connectivity index (χ4n) is 4.12. The maximum Gasteiger partial charge on any atom is 0.141 e. The Bertz CT molecular complexity index is 922. The van der Waals surface area contributed by atoms with Crippen molar-refractivity contribution in [2.45, 2.75) is 32.7 Å². The molecule has 0 saturated carbocycles. The summed E-state index contributed by atoms with van der Waals surface area (Å²) in [5.41, 5.74) is 4.77. The van der Waals surface area contributed by atoms with Crippen LogP contribution >= 0.6 is 0 Å². The summed E-state index contributed by atoms with van der Waals surface area (Å²) in [5, 5.41) is 0. The minimum absolute atomic E-state index is 0.483. The molecule has 1 fully saturated rings. The fourth-order valence-corrected chi connectivity index (χ4v) is 4.12. The van der Waals surface area contributed by atoms with Crippen LogP contribution in [0.3, 0.4) is 0 Å². The zero-order valence-corrected chi connectivity index (χ0v) is 15.7. The van der Waals surface area contributed by atoms with Gasteiger partial charge in [0.2, 0.25) is 0 Å². The molecule has 1 aliphatic heterocycles. The lowest BCUT2D eigenvalue weighted by Gasteiger charge is -2.33. The van der Waals surface area contributed by atoms with Gasteiger partial charge in [-0.05, 0) is 56.6 Å². The Hall–Kier alpha value is -2.39. The van der Waals surface area contributed by atoms with Gasteiger partial charge in [-0.15, -0.1) is 0 Å². The number of nitrogens with zero attached hydrogens (tertiary/aromatic N) is 3. The number of hydrogen-bond donors (Lipinski definition) is 0. The van der Waals surface area contributed by atoms with Crippen molar-refractivity contribution < 1.29 is 0 Å². The van der Waals surface area contributed by atoms with E-state index in [2.05, 4.69) is 84.0 Å². The van der Waals surface area contributed by atoms with Crippen molar-refractivity contribution in [1.29, 1.82) is 0 Å². The van der Waals surface area contributed by atoms with Crippen LogP contribution in [0.2, 0.25) is 0 Å². The maximum atomic E-state index is 5.03. The summed E-state index contributed by atoms with van der Waals surface area (Å²) in [4.78, 5) is 7.59. The average Bonchev–Trinajstić information content (AvgIpc) is 3.08. The van der Waals surface area contributed by atoms with E-state index in [4.69, 9.17) is 4.98 Å². The van der Waals surface area contributed by atoms with Crippen molar-refractivity contribution in [3.8, 4) is 11.4 Å². The Morgan fingerprint density at radius 2 is 2.04 bits per heavy atom. The predicted molar refractivity (Wildman–Crippen MR) is 110 cm³/mol. The lowest BCUT2D eigenvalue weighted by atomic mass is 10.0. The quantitative estimate of drug-likeness (QED) is 0.632. The first-order valence-corrected chi connectivity index (χ1v) is 9.72. The molecular weight excluding hydrogens is 318 g/mol. The van der Waals surface area contributed by atoms with Crippen molar-refractivity contribution in [3.05, 3.63) is 60.2 Å². The van der Waals surface area contributed by atoms with Gasteiger partial charge in [-0.1, -0.05) is 49.4 Å². The largest absolute Gasteiger partial charge is 0.320 e. The molecule has 1 aromatic heterocycles. The highest BCUT2D eigenvalue weighted by Crippen LogP contribution is 2.33. The van der Waals surface area contributed by atoms with E-state index in [-0.39, 0.29) is 0 Å². The molecule has 1 unspecified atom stereocenters. The normalized spacial score (nSPS) is 18.8. The molecule has 26 heavy (non-hydrogen) atoms. The van der Waals surface area contributed by atoms with Crippen LogP contribution in [-0.4, -0.2) is 34.1 Å². The van der Waals surface area contributed by atoms with E-state index in [9.17, 15) is 0 Å². The minimum Gasteiger partial charge on any atom is -0.320 e. The Morgan fingerprint density at radius 3 is 2.88 bits per heavy atom. The van der Waals surface area contributed by atoms with Crippen LogP contribution in [-0.2, 0) is 0 Å². The summed E-state index contributed by atoms with van der Waals surface area (Å²) in [6.45, 7) is 7.76. The van der Waals surface area contributed by atoms with E-state index in [0.717, 1.165) is 24.4 Å². The van der Waals surface area contributed by atoms with Crippen LogP contribution in [0.15, 0.2) is 54.6 Å². The third-order valence-corrected chi connectivity index (χ3v) is 5.39. The molecule has 0 amide bonds. The highest BCUT2D eigenvalue weighted by molar-refractivity contribution is 5.81. The molecule has 4 rings (SSSR count). The minimum atomic E-state index is 0.483. The summed E-state index contributed by atoms with van der Waals surface area (Å²) in [6.07, 6.45) is 6.71. The van der Waals surface area contributed by atoms with Crippen LogP contribution in [0.25, 0.3) is 28.5 Å². The molecule has 3 nitrogen and oxygen atoms in total. The summed E-state index contributed by atoms with van der Waals surface area (Å²) in [6, 6.07) is 17.8. The van der Waals surface area contributed by atoms with Gasteiger partial charge in [0.1, 0.15) is 5.82 Å². The monoisotopic (exact) mass is 345 g/mol. The number of hydrogen-bond acceptors (Lipinski definition) is 2. The SMILES string of the molecule is C/C=C/c1cccc(-c2nc3ccccc3n2C2CCCN(CC)C2)c1. The Balaban J connectivity index is 1.85. The van der Waals surface area contributed by atoms with Crippen LogP contribution in [0, 0.1) is 0 Å². The predicted octanol–water partition coefficient (Wildman–Crippen LogP) is 5.39. The van der Waals surface area contributed by atoms with Gasteiger partial charge in [0, 0.05) is 18.2 Å². The zero-order valence-electron chi connectivity index (χ0n) is 15.7. The number of likely N-dealkylation sites (tertiary alicyclic amines) is 1. The second-order valence-electron chi connectivity index (χ2n) is 7.11. The molecule has 3 heteroatoms. The van der Waals surface area contributed by atoms with Crippen molar-refractivity contribution in [3.63, 3.8) is 0 Å². The molecule has 0 N–H and O–H groups in total. The molecule has 0 bridgehead atoms. The lowest BCUT2D eigenvalue weighted by Crippen LogP contribution is -2.36. The summed E-state index contributed by atoms with van der Waals surface area (Å²) in [7, 11) is 0. The summed E-state index contributed by atoms with van der Waals surface area (Å²) in [5.74, 6) is 1.10. The number of fused-ring (bicyclic) bond motifs is 1. The van der Waals surface area contributed by atoms with Gasteiger partial charge < -0.3 is 9.47 Å². The van der Waals surface area contributed by atoms with Crippen molar-refractivity contribution in [1.82, 2.24) is 14.5 Å². The van der Waals surface area contributed by atoms with Crippen LogP contribution in [0.5, 0.6) is 0 Å². The molecule has 3 aromatic rings. The summed E-state index contributed by atoms with van der Waals surface area (Å²) >= 11 is 0. The molecule has 0 radical (unpaired) electrons. The number of rotatable bonds is 4. The number of benzene rings is 2. The van der Waals surface area contributed by atoms with Crippen LogP contribution < -0.4 is 0 Å². The molecular formula is C23H27N3. The number of likely N-dealkylation sites (N-methyl/N-ethyl adjacent to an activating group) is 1. The summed E-state index contributed by atoms with van der Waals surface area (Å²) < 4.78 is 2.49. The van der Waals surface area contributed by atoms with Crippen LogP contribution in [0.4, 0.5) is 0 Å². The molecule has 1 saturated heterocycles. The van der Waals surface area contributed by atoms with E-state index in [1.165, 1.54) is 36.0 Å². The van der Waals surface area contributed by atoms with Gasteiger partial charge >= 0.3 is 0 Å². The number of imidazole rings is 1. The third-order valence-electron chi connectivity index (χ3n) is 5.39. The molecule has 2 heterocycles. The molecule has 1 atom stereocenters. The first kappa shape index (κ1) is 17.0. The highest BCUT2D eigenvalue weighted by atomic mass is 15.2. The second kappa shape index (κ2) is 7.46. The molecule has 0 aliphatic carbocycles. The van der Waals surface area contributed by atoms with Gasteiger partial charge in [-0.3, -0.25) is 0 Å². The number of allylic oxidation sites excluding steroid dienone is 1. The van der Waals surface area contributed by atoms with Crippen molar-refractivity contribution in [2.75, 3.05) is 19.6 Å². The van der Waals surface area contributed by atoms with E-state index < -0.39 is 0 Å². The first-order chi connectivity index (χ1) is 12.8. The van der Waals surface area contributed by atoms with Crippen LogP contribution in [0.1, 0.15) is 38.3 Å². The fraction of sp³-hybridized carbons (Fsp3) is 0.348. The van der Waals surface area contributed by atoms with Gasteiger partial charge in [-0.2, -0.15) is 0 Å². The van der Waals surface area contributed by atoms with E-state index in [0.29, 0.717) is 6.04 Å². The second-order valence-corrected chi connectivity index (χ2v) is 7.11. The maximum absolute atomic E-state index is 5.03. The molecule has 0 spiro atoms. The molecule has 2 aromatic carbocycles. The zero-order chi connectivity index (χ0) is 17.9. The van der Waals surface area contributed by atoms with Gasteiger partial charge in [0.25, 0.3) is 0 Å². The first-order valence-electron chi connectivity index (χ1n) is 9.72. The van der Waals surface area contributed by atoms with E-state index >= 15 is 0 Å². The number of piperidine rings is 1. The van der Waals surface area contributed by atoms with Gasteiger partial charge in [0.15, 0.2) is 0 Å². The van der Waals surface area contributed by atoms with E-state index in [1.54, 1.807) is 0 Å². The standard InChI is InChI=1S/C23H27N3/c1-3-9-18-10-7-11-19(16-18)23-24-21-13-5-6-14-22(21)26(23)20-12-8-15-25(4-2)17-20/h3,5-7,9-11,13-14,16,20H,4,8,12,15,17H2,1-2H3/b9-3+. The number of para-hydroxylation sites is 2. The van der Waals surface area contributed by atoms with Gasteiger partial charge in [-0.25, -0.2) is 4.98 Å². The van der Waals surface area contributed by atoms with Crippen molar-refractivity contribution >= 4 is 17.1 Å². The Labute approximate surface area is 156 Å². The Morgan fingerprint density at radius 1 is 1.15 bits per heavy atom. The van der Waals surface area contributed by atoms with E-state index in [1.807, 2.05) is 0 Å². The topological polar surface area (TPSA) is 21.1 Å². The molecule has 134 valence electrons. The Kier molecular flexibility index (Phi) is 4.89. The third kappa shape index (κ3) is 3.19. The molecule has 1 aliphatic rings. The average molecular weight is 345 g/mol.